The Balaban J connectivity index is 1.67. The van der Waals surface area contributed by atoms with Crippen molar-refractivity contribution in [2.24, 2.45) is 17.6 Å². The number of primary amides is 1. The second kappa shape index (κ2) is 9.35. The largest absolute Gasteiger partial charge is 0.396 e. The number of aliphatic hydroxyl groups is 1. The number of carbonyl (C=O) groups is 1. The van der Waals surface area contributed by atoms with Gasteiger partial charge in [0.25, 0.3) is 5.91 Å². The number of aliphatic hydroxyl groups excluding tert-OH is 1. The molecule has 0 radical (unpaired) electrons. The molecule has 0 saturated heterocycles. The Morgan fingerprint density at radius 1 is 1.22 bits per heavy atom. The van der Waals surface area contributed by atoms with Crippen LogP contribution in [0.2, 0.25) is 0 Å². The molecule has 7 heteroatoms. The van der Waals surface area contributed by atoms with E-state index < -0.39 is 5.91 Å². The van der Waals surface area contributed by atoms with E-state index in [1.807, 2.05) is 0 Å². The van der Waals surface area contributed by atoms with Crippen molar-refractivity contribution < 1.29 is 9.90 Å². The monoisotopic (exact) mass is 375 g/mol. The number of amides is 1. The lowest BCUT2D eigenvalue weighted by molar-refractivity contribution is 0.100. The molecular formula is C20H33N5O2. The minimum Gasteiger partial charge on any atom is -0.396 e. The molecule has 0 aromatic carbocycles. The maximum Gasteiger partial charge on any atom is 0.254 e. The van der Waals surface area contributed by atoms with Crippen molar-refractivity contribution >= 4 is 17.7 Å². The van der Waals surface area contributed by atoms with Gasteiger partial charge in [-0.3, -0.25) is 4.79 Å². The molecule has 1 atom stereocenters. The van der Waals surface area contributed by atoms with E-state index in [0.29, 0.717) is 35.2 Å². The fourth-order valence-corrected chi connectivity index (χ4v) is 4.38. The Labute approximate surface area is 161 Å². The molecule has 5 N–H and O–H groups in total. The predicted molar refractivity (Wildman–Crippen MR) is 107 cm³/mol. The van der Waals surface area contributed by atoms with E-state index in [-0.39, 0.29) is 12.6 Å². The van der Waals surface area contributed by atoms with Crippen LogP contribution in [0.3, 0.4) is 0 Å². The fourth-order valence-electron chi connectivity index (χ4n) is 4.38. The Kier molecular flexibility index (Phi) is 6.88. The van der Waals surface area contributed by atoms with Gasteiger partial charge in [-0.25, -0.2) is 4.98 Å². The van der Waals surface area contributed by atoms with E-state index in [1.54, 1.807) is 0 Å². The Morgan fingerprint density at radius 2 is 1.93 bits per heavy atom. The molecule has 3 rings (SSSR count). The molecule has 2 aliphatic rings. The molecule has 1 amide bonds. The third-order valence-electron chi connectivity index (χ3n) is 6.21. The van der Waals surface area contributed by atoms with Crippen LogP contribution in [0.15, 0.2) is 6.20 Å². The van der Waals surface area contributed by atoms with Crippen LogP contribution in [0.1, 0.15) is 75.1 Å². The lowest BCUT2D eigenvalue weighted by Gasteiger charge is -2.29. The van der Waals surface area contributed by atoms with Gasteiger partial charge < -0.3 is 21.5 Å². The van der Waals surface area contributed by atoms with Crippen LogP contribution >= 0.6 is 0 Å². The van der Waals surface area contributed by atoms with E-state index in [4.69, 9.17) is 5.73 Å². The van der Waals surface area contributed by atoms with Crippen molar-refractivity contribution in [3.05, 3.63) is 11.8 Å². The van der Waals surface area contributed by atoms with Gasteiger partial charge in [0.1, 0.15) is 5.82 Å². The van der Waals surface area contributed by atoms with Gasteiger partial charge in [-0.2, -0.15) is 4.98 Å². The third kappa shape index (κ3) is 5.31. The molecule has 0 aliphatic heterocycles. The van der Waals surface area contributed by atoms with Gasteiger partial charge in [0.05, 0.1) is 5.56 Å². The maximum atomic E-state index is 11.8. The zero-order chi connectivity index (χ0) is 19.2. The van der Waals surface area contributed by atoms with E-state index in [0.717, 1.165) is 25.7 Å². The predicted octanol–water partition coefficient (Wildman–Crippen LogP) is 2.92. The minimum absolute atomic E-state index is 0.240. The third-order valence-corrected chi connectivity index (χ3v) is 6.21. The van der Waals surface area contributed by atoms with Crippen molar-refractivity contribution in [3.8, 4) is 0 Å². The second-order valence-electron chi connectivity index (χ2n) is 8.20. The van der Waals surface area contributed by atoms with Crippen LogP contribution < -0.4 is 16.4 Å². The number of nitrogens with zero attached hydrogens (tertiary/aromatic N) is 2. The number of hydrogen-bond donors (Lipinski definition) is 4. The summed E-state index contributed by atoms with van der Waals surface area (Å²) in [6.07, 6.45) is 11.8. The van der Waals surface area contributed by atoms with Gasteiger partial charge in [0.15, 0.2) is 0 Å². The Hall–Kier alpha value is -1.89. The number of nitrogens with two attached hydrogens (primary N) is 1. The summed E-state index contributed by atoms with van der Waals surface area (Å²) >= 11 is 0. The molecule has 0 unspecified atom stereocenters. The van der Waals surface area contributed by atoms with Gasteiger partial charge in [0, 0.05) is 24.9 Å². The Bertz CT molecular complexity index is 625. The molecule has 1 heterocycles. The smallest absolute Gasteiger partial charge is 0.254 e. The van der Waals surface area contributed by atoms with Crippen molar-refractivity contribution in [2.75, 3.05) is 17.2 Å². The number of rotatable bonds is 7. The normalized spacial score (nSPS) is 25.0. The molecule has 27 heavy (non-hydrogen) atoms. The fraction of sp³-hybridized carbons (Fsp3) is 0.750. The van der Waals surface area contributed by atoms with E-state index in [1.165, 1.54) is 38.3 Å². The highest BCUT2D eigenvalue weighted by Crippen LogP contribution is 2.29. The molecule has 1 aromatic heterocycles. The minimum atomic E-state index is -0.520. The molecule has 0 bridgehead atoms. The highest BCUT2D eigenvalue weighted by molar-refractivity contribution is 5.97. The molecule has 1 aromatic rings. The van der Waals surface area contributed by atoms with Crippen LogP contribution in [-0.2, 0) is 0 Å². The van der Waals surface area contributed by atoms with E-state index in [9.17, 15) is 9.90 Å². The lowest BCUT2D eigenvalue weighted by Crippen LogP contribution is -2.31. The summed E-state index contributed by atoms with van der Waals surface area (Å²) in [5.41, 5.74) is 5.85. The van der Waals surface area contributed by atoms with Crippen molar-refractivity contribution in [2.45, 2.75) is 76.8 Å². The first-order valence-corrected chi connectivity index (χ1v) is 10.4. The molecule has 2 fully saturated rings. The van der Waals surface area contributed by atoms with Crippen molar-refractivity contribution in [1.29, 1.82) is 0 Å². The molecule has 7 nitrogen and oxygen atoms in total. The average Bonchev–Trinajstić information content (AvgIpc) is 2.69. The van der Waals surface area contributed by atoms with Crippen LogP contribution in [0.5, 0.6) is 0 Å². The van der Waals surface area contributed by atoms with E-state index >= 15 is 0 Å². The quantitative estimate of drug-likeness (QED) is 0.583. The van der Waals surface area contributed by atoms with Gasteiger partial charge in [-0.15, -0.1) is 0 Å². The highest BCUT2D eigenvalue weighted by Gasteiger charge is 2.24. The summed E-state index contributed by atoms with van der Waals surface area (Å²) in [6.45, 7) is 2.44. The highest BCUT2D eigenvalue weighted by atomic mass is 16.3. The van der Waals surface area contributed by atoms with Crippen molar-refractivity contribution in [3.63, 3.8) is 0 Å². The van der Waals surface area contributed by atoms with E-state index in [2.05, 4.69) is 27.5 Å². The van der Waals surface area contributed by atoms with Crippen LogP contribution in [0, 0.1) is 11.8 Å². The summed E-state index contributed by atoms with van der Waals surface area (Å²) < 4.78 is 0. The standard InChI is InChI=1S/C20H33N5O2/c1-13(15-5-3-2-4-6-15)23-20-22-11-17(18(21)27)19(25-20)24-16-9-7-14(12-26)8-10-16/h11,13-16,26H,2-10,12H2,1H3,(H2,21,27)(H2,22,23,24,25)/t13-,14?,16?/m0/s1. The summed E-state index contributed by atoms with van der Waals surface area (Å²) in [5.74, 6) is 1.57. The van der Waals surface area contributed by atoms with Crippen LogP contribution in [0.25, 0.3) is 0 Å². The number of carbonyl (C=O) groups excluding carboxylic acids is 1. The zero-order valence-corrected chi connectivity index (χ0v) is 16.3. The first kappa shape index (κ1) is 19.9. The molecular weight excluding hydrogens is 342 g/mol. The molecule has 150 valence electrons. The Morgan fingerprint density at radius 3 is 2.56 bits per heavy atom. The maximum absolute atomic E-state index is 11.8. The summed E-state index contributed by atoms with van der Waals surface area (Å²) in [4.78, 5) is 20.7. The molecule has 0 spiro atoms. The number of nitrogens with one attached hydrogen (secondary N) is 2. The van der Waals surface area contributed by atoms with Gasteiger partial charge in [-0.05, 0) is 57.3 Å². The van der Waals surface area contributed by atoms with Crippen molar-refractivity contribution in [1.82, 2.24) is 9.97 Å². The number of hydrogen-bond acceptors (Lipinski definition) is 6. The summed E-state index contributed by atoms with van der Waals surface area (Å²) in [7, 11) is 0. The van der Waals surface area contributed by atoms with Gasteiger partial charge in [-0.1, -0.05) is 19.3 Å². The number of anilines is 2. The molecule has 2 saturated carbocycles. The zero-order valence-electron chi connectivity index (χ0n) is 16.3. The second-order valence-corrected chi connectivity index (χ2v) is 8.20. The van der Waals surface area contributed by atoms with Crippen LogP contribution in [0.4, 0.5) is 11.8 Å². The summed E-state index contributed by atoms with van der Waals surface area (Å²) in [6, 6.07) is 0.544. The number of aromatic nitrogens is 2. The first-order valence-electron chi connectivity index (χ1n) is 10.4. The average molecular weight is 376 g/mol. The van der Waals surface area contributed by atoms with Gasteiger partial charge >= 0.3 is 0 Å². The summed E-state index contributed by atoms with van der Waals surface area (Å²) in [5, 5.41) is 16.1. The lowest BCUT2D eigenvalue weighted by atomic mass is 9.85. The molecule has 2 aliphatic carbocycles. The van der Waals surface area contributed by atoms with Crippen LogP contribution in [-0.4, -0.2) is 39.7 Å². The van der Waals surface area contributed by atoms with Gasteiger partial charge in [0.2, 0.25) is 5.95 Å². The topological polar surface area (TPSA) is 113 Å². The first-order chi connectivity index (χ1) is 13.1. The SMILES string of the molecule is C[C@H](Nc1ncc(C(N)=O)c(NC2CCC(CO)CC2)n1)C1CCCCC1.